The molecule has 1 saturated carbocycles. The summed E-state index contributed by atoms with van der Waals surface area (Å²) < 4.78 is -0.467. The smallest absolute Gasteiger partial charge is 0.102 e. The summed E-state index contributed by atoms with van der Waals surface area (Å²) in [5.41, 5.74) is 1.43. The predicted octanol–water partition coefficient (Wildman–Crippen LogP) is 4.52. The molecule has 0 amide bonds. The molecular formula is C12H14Cl2. The molecule has 1 aromatic rings. The van der Waals surface area contributed by atoms with Crippen LogP contribution in [0.4, 0.5) is 0 Å². The van der Waals surface area contributed by atoms with Crippen LogP contribution >= 0.6 is 23.2 Å². The molecule has 0 atom stereocenters. The van der Waals surface area contributed by atoms with Crippen molar-refractivity contribution < 1.29 is 0 Å². The second-order valence-electron chi connectivity index (χ2n) is 4.04. The Kier molecular flexibility index (Phi) is 3.04. The van der Waals surface area contributed by atoms with Crippen LogP contribution in [-0.2, 0) is 0 Å². The van der Waals surface area contributed by atoms with Gasteiger partial charge in [0.15, 0.2) is 0 Å². The molecule has 0 spiro atoms. The minimum Gasteiger partial charge on any atom is -0.102 e. The van der Waals surface area contributed by atoms with Crippen molar-refractivity contribution in [3.05, 3.63) is 35.9 Å². The van der Waals surface area contributed by atoms with Gasteiger partial charge in [0.1, 0.15) is 4.33 Å². The monoisotopic (exact) mass is 228 g/mol. The average molecular weight is 229 g/mol. The zero-order chi connectivity index (χ0) is 10.0. The highest BCUT2D eigenvalue weighted by atomic mass is 35.5. The van der Waals surface area contributed by atoms with Crippen molar-refractivity contribution in [3.8, 4) is 0 Å². The number of benzene rings is 1. The van der Waals surface area contributed by atoms with Crippen LogP contribution in [0, 0.1) is 0 Å². The van der Waals surface area contributed by atoms with Gasteiger partial charge in [-0.25, -0.2) is 0 Å². The SMILES string of the molecule is ClC1(Cl)CCC(c2ccccc2)CC1. The zero-order valence-corrected chi connectivity index (χ0v) is 9.56. The average Bonchev–Trinajstić information content (AvgIpc) is 2.19. The lowest BCUT2D eigenvalue weighted by Crippen LogP contribution is -2.21. The second kappa shape index (κ2) is 4.12. The highest BCUT2D eigenvalue weighted by molar-refractivity contribution is 6.48. The summed E-state index contributed by atoms with van der Waals surface area (Å²) in [7, 11) is 0. The lowest BCUT2D eigenvalue weighted by Gasteiger charge is -2.30. The summed E-state index contributed by atoms with van der Waals surface area (Å²) in [6, 6.07) is 10.6. The zero-order valence-electron chi connectivity index (χ0n) is 8.05. The van der Waals surface area contributed by atoms with Crippen LogP contribution in [0.1, 0.15) is 37.2 Å². The number of halogens is 2. The van der Waals surface area contributed by atoms with E-state index < -0.39 is 4.33 Å². The van der Waals surface area contributed by atoms with E-state index in [1.54, 1.807) is 0 Å². The second-order valence-corrected chi connectivity index (χ2v) is 5.68. The van der Waals surface area contributed by atoms with Crippen LogP contribution in [0.2, 0.25) is 0 Å². The quantitative estimate of drug-likeness (QED) is 0.621. The van der Waals surface area contributed by atoms with Crippen molar-refractivity contribution in [1.82, 2.24) is 0 Å². The lowest BCUT2D eigenvalue weighted by molar-refractivity contribution is 0.424. The van der Waals surface area contributed by atoms with Gasteiger partial charge in [-0.3, -0.25) is 0 Å². The van der Waals surface area contributed by atoms with Crippen LogP contribution in [-0.4, -0.2) is 4.33 Å². The number of hydrogen-bond acceptors (Lipinski definition) is 0. The molecule has 0 N–H and O–H groups in total. The molecule has 1 aromatic carbocycles. The lowest BCUT2D eigenvalue weighted by atomic mass is 9.84. The fourth-order valence-corrected chi connectivity index (χ4v) is 2.54. The first kappa shape index (κ1) is 10.3. The summed E-state index contributed by atoms with van der Waals surface area (Å²) in [6.07, 6.45) is 4.04. The molecule has 1 aliphatic carbocycles. The van der Waals surface area contributed by atoms with Crippen molar-refractivity contribution in [2.45, 2.75) is 35.9 Å². The molecule has 0 unspecified atom stereocenters. The molecule has 0 radical (unpaired) electrons. The van der Waals surface area contributed by atoms with Gasteiger partial charge in [0.05, 0.1) is 0 Å². The van der Waals surface area contributed by atoms with Gasteiger partial charge in [0, 0.05) is 0 Å². The van der Waals surface area contributed by atoms with Crippen LogP contribution in [0.3, 0.4) is 0 Å². The third kappa shape index (κ3) is 2.43. The molecule has 76 valence electrons. The van der Waals surface area contributed by atoms with Crippen molar-refractivity contribution in [2.24, 2.45) is 0 Å². The minimum absolute atomic E-state index is 0.467. The minimum atomic E-state index is -0.467. The fraction of sp³-hybridized carbons (Fsp3) is 0.500. The van der Waals surface area contributed by atoms with E-state index in [2.05, 4.69) is 30.3 Å². The molecule has 1 fully saturated rings. The summed E-state index contributed by atoms with van der Waals surface area (Å²) in [5.74, 6) is 0.654. The first-order chi connectivity index (χ1) is 6.67. The molecule has 2 heteroatoms. The molecule has 0 heterocycles. The fourth-order valence-electron chi connectivity index (χ4n) is 2.10. The molecule has 14 heavy (non-hydrogen) atoms. The van der Waals surface area contributed by atoms with Gasteiger partial charge in [0.2, 0.25) is 0 Å². The maximum atomic E-state index is 6.09. The van der Waals surface area contributed by atoms with Gasteiger partial charge >= 0.3 is 0 Å². The molecule has 2 rings (SSSR count). The highest BCUT2D eigenvalue weighted by Gasteiger charge is 2.31. The largest absolute Gasteiger partial charge is 0.118 e. The summed E-state index contributed by atoms with van der Waals surface area (Å²) >= 11 is 12.2. The molecule has 0 aromatic heterocycles. The standard InChI is InChI=1S/C12H14Cl2/c13-12(14)8-6-11(7-9-12)10-4-2-1-3-5-10/h1-5,11H,6-9H2. The maximum Gasteiger partial charge on any atom is 0.118 e. The van der Waals surface area contributed by atoms with E-state index in [1.165, 1.54) is 5.56 Å². The molecule has 1 aliphatic rings. The molecule has 0 nitrogen and oxygen atoms in total. The van der Waals surface area contributed by atoms with E-state index in [-0.39, 0.29) is 0 Å². The molecular weight excluding hydrogens is 215 g/mol. The van der Waals surface area contributed by atoms with Gasteiger partial charge in [-0.05, 0) is 37.2 Å². The van der Waals surface area contributed by atoms with E-state index in [0.717, 1.165) is 25.7 Å². The number of alkyl halides is 2. The molecule has 0 aliphatic heterocycles. The van der Waals surface area contributed by atoms with Gasteiger partial charge in [-0.15, -0.1) is 23.2 Å². The van der Waals surface area contributed by atoms with Crippen molar-refractivity contribution in [1.29, 1.82) is 0 Å². The third-order valence-corrected chi connectivity index (χ3v) is 3.74. The van der Waals surface area contributed by atoms with Gasteiger partial charge in [-0.1, -0.05) is 30.3 Å². The first-order valence-corrected chi connectivity index (χ1v) is 5.86. The number of hydrogen-bond donors (Lipinski definition) is 0. The highest BCUT2D eigenvalue weighted by Crippen LogP contribution is 2.43. The van der Waals surface area contributed by atoms with Gasteiger partial charge in [0.25, 0.3) is 0 Å². The number of rotatable bonds is 1. The Labute approximate surface area is 95.2 Å². The Balaban J connectivity index is 2.03. The maximum absolute atomic E-state index is 6.09. The van der Waals surface area contributed by atoms with E-state index in [0.29, 0.717) is 5.92 Å². The van der Waals surface area contributed by atoms with E-state index in [4.69, 9.17) is 23.2 Å². The van der Waals surface area contributed by atoms with Crippen molar-refractivity contribution >= 4 is 23.2 Å². The molecule has 0 saturated heterocycles. The topological polar surface area (TPSA) is 0 Å². The van der Waals surface area contributed by atoms with Gasteiger partial charge < -0.3 is 0 Å². The predicted molar refractivity (Wildman–Crippen MR) is 62.1 cm³/mol. The van der Waals surface area contributed by atoms with Crippen LogP contribution in [0.15, 0.2) is 30.3 Å². The summed E-state index contributed by atoms with van der Waals surface area (Å²) in [4.78, 5) is 0. The van der Waals surface area contributed by atoms with Gasteiger partial charge in [-0.2, -0.15) is 0 Å². The van der Waals surface area contributed by atoms with Crippen LogP contribution in [0.5, 0.6) is 0 Å². The first-order valence-electron chi connectivity index (χ1n) is 5.10. The van der Waals surface area contributed by atoms with Crippen LogP contribution in [0.25, 0.3) is 0 Å². The summed E-state index contributed by atoms with van der Waals surface area (Å²) in [5, 5.41) is 0. The van der Waals surface area contributed by atoms with E-state index >= 15 is 0 Å². The Morgan fingerprint density at radius 1 is 1.00 bits per heavy atom. The Morgan fingerprint density at radius 2 is 1.57 bits per heavy atom. The van der Waals surface area contributed by atoms with E-state index in [1.807, 2.05) is 0 Å². The van der Waals surface area contributed by atoms with Crippen LogP contribution < -0.4 is 0 Å². The Bertz CT molecular complexity index is 282. The normalized spacial score (nSPS) is 22.1. The Hall–Kier alpha value is -0.200. The van der Waals surface area contributed by atoms with Crippen molar-refractivity contribution in [2.75, 3.05) is 0 Å². The van der Waals surface area contributed by atoms with Crippen molar-refractivity contribution in [3.63, 3.8) is 0 Å². The Morgan fingerprint density at radius 3 is 2.14 bits per heavy atom. The summed E-state index contributed by atoms with van der Waals surface area (Å²) in [6.45, 7) is 0. The third-order valence-electron chi connectivity index (χ3n) is 2.99. The van der Waals surface area contributed by atoms with E-state index in [9.17, 15) is 0 Å². The molecule has 0 bridgehead atoms.